The summed E-state index contributed by atoms with van der Waals surface area (Å²) in [5, 5.41) is 8.66. The van der Waals surface area contributed by atoms with E-state index < -0.39 is 0 Å². The van der Waals surface area contributed by atoms with Gasteiger partial charge in [-0.15, -0.1) is 10.2 Å². The second-order valence-corrected chi connectivity index (χ2v) is 7.42. The Bertz CT molecular complexity index is 680. The van der Waals surface area contributed by atoms with Gasteiger partial charge >= 0.3 is 6.01 Å². The maximum Gasteiger partial charge on any atom is 0.316 e. The third kappa shape index (κ3) is 3.59. The summed E-state index contributed by atoms with van der Waals surface area (Å²) in [6.07, 6.45) is 7.97. The fourth-order valence-corrected chi connectivity index (χ4v) is 3.61. The van der Waals surface area contributed by atoms with E-state index in [1.54, 1.807) is 12.4 Å². The number of rotatable bonds is 5. The molecule has 2 aromatic heterocycles. The number of nitrogens with zero attached hydrogens (tertiary/aromatic N) is 6. The third-order valence-electron chi connectivity index (χ3n) is 4.80. The molecule has 7 nitrogen and oxygen atoms in total. The van der Waals surface area contributed by atoms with Crippen LogP contribution in [-0.4, -0.2) is 49.3 Å². The van der Waals surface area contributed by atoms with Gasteiger partial charge in [-0.25, -0.2) is 9.97 Å². The van der Waals surface area contributed by atoms with Gasteiger partial charge in [-0.3, -0.25) is 4.90 Å². The number of halogens is 1. The van der Waals surface area contributed by atoms with Crippen molar-refractivity contribution in [3.63, 3.8) is 0 Å². The first kappa shape index (κ1) is 16.0. The highest BCUT2D eigenvalue weighted by atomic mass is 79.9. The molecule has 0 aliphatic carbocycles. The SMILES string of the molecule is Brc1cnc(OCC2CCN(Cc3nnc4n3CCC4)CC2)nc1. The molecule has 0 spiro atoms. The molecule has 2 aliphatic rings. The number of fused-ring (bicyclic) bond motifs is 1. The molecule has 1 saturated heterocycles. The van der Waals surface area contributed by atoms with E-state index in [0.717, 1.165) is 61.6 Å². The van der Waals surface area contributed by atoms with E-state index in [0.29, 0.717) is 18.5 Å². The fraction of sp³-hybridized carbons (Fsp3) is 0.625. The van der Waals surface area contributed by atoms with Gasteiger partial charge in [0.05, 0.1) is 17.6 Å². The van der Waals surface area contributed by atoms with Crippen LogP contribution in [0.4, 0.5) is 0 Å². The van der Waals surface area contributed by atoms with Crippen molar-refractivity contribution in [2.75, 3.05) is 19.7 Å². The molecule has 1 fully saturated rings. The minimum atomic E-state index is 0.458. The molecule has 2 aliphatic heterocycles. The highest BCUT2D eigenvalue weighted by Crippen LogP contribution is 2.21. The number of likely N-dealkylation sites (tertiary alicyclic amines) is 1. The minimum Gasteiger partial charge on any atom is -0.463 e. The molecule has 128 valence electrons. The first-order valence-corrected chi connectivity index (χ1v) is 9.31. The second kappa shape index (κ2) is 7.14. The molecule has 0 bridgehead atoms. The normalized spacial score (nSPS) is 18.7. The Kier molecular flexibility index (Phi) is 4.75. The highest BCUT2D eigenvalue weighted by Gasteiger charge is 2.23. The summed E-state index contributed by atoms with van der Waals surface area (Å²) in [6.45, 7) is 4.84. The molecule has 4 rings (SSSR count). The zero-order chi connectivity index (χ0) is 16.4. The summed E-state index contributed by atoms with van der Waals surface area (Å²) >= 11 is 3.33. The fourth-order valence-electron chi connectivity index (χ4n) is 3.41. The number of hydrogen-bond donors (Lipinski definition) is 0. The van der Waals surface area contributed by atoms with Gasteiger partial charge < -0.3 is 9.30 Å². The molecule has 2 aromatic rings. The van der Waals surface area contributed by atoms with Crippen LogP contribution in [0, 0.1) is 5.92 Å². The zero-order valence-corrected chi connectivity index (χ0v) is 15.2. The maximum absolute atomic E-state index is 5.71. The average molecular weight is 393 g/mol. The van der Waals surface area contributed by atoms with E-state index in [1.807, 2.05) is 0 Å². The van der Waals surface area contributed by atoms with Gasteiger partial charge in [-0.05, 0) is 54.2 Å². The lowest BCUT2D eigenvalue weighted by Gasteiger charge is -2.31. The molecule has 0 amide bonds. The van der Waals surface area contributed by atoms with Crippen LogP contribution >= 0.6 is 15.9 Å². The molecule has 8 heteroatoms. The van der Waals surface area contributed by atoms with Crippen LogP contribution in [0.5, 0.6) is 6.01 Å². The maximum atomic E-state index is 5.71. The highest BCUT2D eigenvalue weighted by molar-refractivity contribution is 9.10. The van der Waals surface area contributed by atoms with Gasteiger partial charge in [0.25, 0.3) is 0 Å². The van der Waals surface area contributed by atoms with Crippen LogP contribution in [0.1, 0.15) is 30.9 Å². The average Bonchev–Trinajstić information content (AvgIpc) is 3.21. The van der Waals surface area contributed by atoms with Gasteiger partial charge in [0, 0.05) is 25.4 Å². The molecule has 0 unspecified atom stereocenters. The molecule has 24 heavy (non-hydrogen) atoms. The van der Waals surface area contributed by atoms with E-state index >= 15 is 0 Å². The number of aryl methyl sites for hydroxylation is 1. The summed E-state index contributed by atoms with van der Waals surface area (Å²) in [5.41, 5.74) is 0. The monoisotopic (exact) mass is 392 g/mol. The Morgan fingerprint density at radius 2 is 1.92 bits per heavy atom. The van der Waals surface area contributed by atoms with Crippen molar-refractivity contribution >= 4 is 15.9 Å². The number of piperidine rings is 1. The Morgan fingerprint density at radius 3 is 2.71 bits per heavy atom. The van der Waals surface area contributed by atoms with Gasteiger partial charge in [0.2, 0.25) is 0 Å². The van der Waals surface area contributed by atoms with Crippen molar-refractivity contribution in [3.05, 3.63) is 28.5 Å². The number of aromatic nitrogens is 5. The lowest BCUT2D eigenvalue weighted by Crippen LogP contribution is -2.35. The first-order valence-electron chi connectivity index (χ1n) is 8.51. The van der Waals surface area contributed by atoms with Gasteiger partial charge in [-0.2, -0.15) is 0 Å². The number of ether oxygens (including phenoxy) is 1. The lowest BCUT2D eigenvalue weighted by molar-refractivity contribution is 0.129. The summed E-state index contributed by atoms with van der Waals surface area (Å²) in [5.74, 6) is 2.85. The van der Waals surface area contributed by atoms with Crippen LogP contribution in [0.2, 0.25) is 0 Å². The van der Waals surface area contributed by atoms with Gasteiger partial charge in [0.1, 0.15) is 11.6 Å². The predicted octanol–water partition coefficient (Wildman–Crippen LogP) is 2.07. The van der Waals surface area contributed by atoms with E-state index in [2.05, 4.69) is 45.6 Å². The minimum absolute atomic E-state index is 0.458. The lowest BCUT2D eigenvalue weighted by atomic mass is 9.98. The van der Waals surface area contributed by atoms with Gasteiger partial charge in [0.15, 0.2) is 0 Å². The molecular weight excluding hydrogens is 372 g/mol. The van der Waals surface area contributed by atoms with Crippen molar-refractivity contribution in [1.29, 1.82) is 0 Å². The Balaban J connectivity index is 1.24. The topological polar surface area (TPSA) is 69.0 Å². The quantitative estimate of drug-likeness (QED) is 0.775. The van der Waals surface area contributed by atoms with E-state index in [-0.39, 0.29) is 0 Å². The Hall–Kier alpha value is -1.54. The second-order valence-electron chi connectivity index (χ2n) is 6.50. The van der Waals surface area contributed by atoms with Crippen LogP contribution in [0.15, 0.2) is 16.9 Å². The van der Waals surface area contributed by atoms with Crippen molar-refractivity contribution in [2.24, 2.45) is 5.92 Å². The molecule has 0 saturated carbocycles. The number of hydrogen-bond acceptors (Lipinski definition) is 6. The van der Waals surface area contributed by atoms with Crippen molar-refractivity contribution in [1.82, 2.24) is 29.6 Å². The summed E-state index contributed by atoms with van der Waals surface area (Å²) < 4.78 is 8.87. The smallest absolute Gasteiger partial charge is 0.316 e. The standard InChI is InChI=1S/C16H21BrN6O/c17-13-8-18-16(19-9-13)24-11-12-3-6-22(7-4-12)10-15-21-20-14-2-1-5-23(14)15/h8-9,12H,1-7,10-11H2. The molecule has 0 atom stereocenters. The van der Waals surface area contributed by atoms with Crippen LogP contribution in [0.25, 0.3) is 0 Å². The molecule has 0 N–H and O–H groups in total. The molecular formula is C16H21BrN6O. The van der Waals surface area contributed by atoms with Crippen molar-refractivity contribution < 1.29 is 4.74 Å². The van der Waals surface area contributed by atoms with E-state index in [9.17, 15) is 0 Å². The van der Waals surface area contributed by atoms with Gasteiger partial charge in [-0.1, -0.05) is 0 Å². The predicted molar refractivity (Wildman–Crippen MR) is 91.6 cm³/mol. The summed E-state index contributed by atoms with van der Waals surface area (Å²) in [4.78, 5) is 10.8. The third-order valence-corrected chi connectivity index (χ3v) is 5.21. The van der Waals surface area contributed by atoms with Crippen LogP contribution in [0.3, 0.4) is 0 Å². The molecule has 0 aromatic carbocycles. The van der Waals surface area contributed by atoms with Crippen molar-refractivity contribution in [3.8, 4) is 6.01 Å². The zero-order valence-electron chi connectivity index (χ0n) is 13.6. The molecule has 0 radical (unpaired) electrons. The van der Waals surface area contributed by atoms with Crippen LogP contribution in [-0.2, 0) is 19.5 Å². The Morgan fingerprint density at radius 1 is 1.12 bits per heavy atom. The van der Waals surface area contributed by atoms with E-state index in [1.165, 1.54) is 6.42 Å². The molecule has 4 heterocycles. The van der Waals surface area contributed by atoms with E-state index in [4.69, 9.17) is 4.74 Å². The summed E-state index contributed by atoms with van der Waals surface area (Å²) in [6, 6.07) is 0.458. The first-order chi connectivity index (χ1) is 11.8. The van der Waals surface area contributed by atoms with Crippen LogP contribution < -0.4 is 4.74 Å². The van der Waals surface area contributed by atoms with Crippen molar-refractivity contribution in [2.45, 2.75) is 38.8 Å². The summed E-state index contributed by atoms with van der Waals surface area (Å²) in [7, 11) is 0. The Labute approximate surface area is 149 Å². The largest absolute Gasteiger partial charge is 0.463 e.